The fourth-order valence-corrected chi connectivity index (χ4v) is 5.12. The lowest BCUT2D eigenvalue weighted by molar-refractivity contribution is 0.283. The van der Waals surface area contributed by atoms with Gasteiger partial charge in [-0.15, -0.1) is 0 Å². The van der Waals surface area contributed by atoms with E-state index in [2.05, 4.69) is 90.8 Å². The second-order valence-corrected chi connectivity index (χ2v) is 9.72. The van der Waals surface area contributed by atoms with Crippen LogP contribution in [0.3, 0.4) is 0 Å². The molecule has 0 unspecified atom stereocenters. The normalized spacial score (nSPS) is 12.5. The second-order valence-electron chi connectivity index (χ2n) is 9.72. The van der Waals surface area contributed by atoms with Gasteiger partial charge in [0.25, 0.3) is 0 Å². The molecule has 0 N–H and O–H groups in total. The summed E-state index contributed by atoms with van der Waals surface area (Å²) in [6.45, 7) is 2.35. The predicted octanol–water partition coefficient (Wildman–Crippen LogP) is 7.33. The molecule has 3 heteroatoms. The third-order valence-corrected chi connectivity index (χ3v) is 7.06. The highest BCUT2D eigenvalue weighted by Gasteiger charge is 2.17. The van der Waals surface area contributed by atoms with Gasteiger partial charge >= 0.3 is 0 Å². The monoisotopic (exact) mass is 489 g/mol. The largest absolute Gasteiger partial charge is 0.493 e. The summed E-state index contributed by atoms with van der Waals surface area (Å²) in [7, 11) is 3.88. The molecule has 0 radical (unpaired) electrons. The minimum absolute atomic E-state index is 0.525. The van der Waals surface area contributed by atoms with E-state index >= 15 is 0 Å². The standard InChI is InChI=1S/C34H35NO2/c1-35(24-27-18-21-33(34(23-27)36-2)37-25-26-11-4-3-5-12-26)22-10-17-32-30-15-8-6-13-28(30)19-20-29-14-7-9-16-31(29)32/h3-9,11-18,21,23H,10,19-20,22,24-25H2,1-2H3. The highest BCUT2D eigenvalue weighted by Crippen LogP contribution is 2.34. The Balaban J connectivity index is 1.24. The van der Waals surface area contributed by atoms with Gasteiger partial charge in [-0.2, -0.15) is 0 Å². The highest BCUT2D eigenvalue weighted by atomic mass is 16.5. The van der Waals surface area contributed by atoms with Crippen molar-refractivity contribution in [3.05, 3.63) is 137 Å². The molecule has 5 rings (SSSR count). The quantitative estimate of drug-likeness (QED) is 0.246. The van der Waals surface area contributed by atoms with Crippen molar-refractivity contribution in [1.29, 1.82) is 0 Å². The van der Waals surface area contributed by atoms with E-state index in [1.165, 1.54) is 33.4 Å². The van der Waals surface area contributed by atoms with Crippen LogP contribution in [0, 0.1) is 0 Å². The average molecular weight is 490 g/mol. The Morgan fingerprint density at radius 2 is 1.38 bits per heavy atom. The summed E-state index contributed by atoms with van der Waals surface area (Å²) >= 11 is 0. The van der Waals surface area contributed by atoms with E-state index in [0.29, 0.717) is 6.61 Å². The Morgan fingerprint density at radius 3 is 2.05 bits per heavy atom. The van der Waals surface area contributed by atoms with Crippen LogP contribution in [-0.4, -0.2) is 25.6 Å². The van der Waals surface area contributed by atoms with Gasteiger partial charge in [0, 0.05) is 13.1 Å². The maximum Gasteiger partial charge on any atom is 0.161 e. The summed E-state index contributed by atoms with van der Waals surface area (Å²) in [6.07, 6.45) is 5.61. The molecule has 1 aliphatic rings. The lowest BCUT2D eigenvalue weighted by Gasteiger charge is -2.18. The van der Waals surface area contributed by atoms with Crippen molar-refractivity contribution in [3.8, 4) is 11.5 Å². The topological polar surface area (TPSA) is 21.7 Å². The first-order valence-corrected chi connectivity index (χ1v) is 13.1. The molecule has 4 aromatic rings. The Hall–Kier alpha value is -3.82. The number of hydrogen-bond donors (Lipinski definition) is 0. The van der Waals surface area contributed by atoms with Gasteiger partial charge in [-0.05, 0) is 77.4 Å². The van der Waals surface area contributed by atoms with E-state index in [1.54, 1.807) is 7.11 Å². The molecule has 0 heterocycles. The van der Waals surface area contributed by atoms with E-state index < -0.39 is 0 Å². The van der Waals surface area contributed by atoms with Gasteiger partial charge in [0.2, 0.25) is 0 Å². The molecular formula is C34H35NO2. The summed E-state index contributed by atoms with van der Waals surface area (Å²) in [5, 5.41) is 0. The Morgan fingerprint density at radius 1 is 0.730 bits per heavy atom. The Bertz CT molecular complexity index is 1310. The van der Waals surface area contributed by atoms with Gasteiger partial charge in [-0.3, -0.25) is 0 Å². The molecule has 0 amide bonds. The molecule has 0 saturated carbocycles. The molecule has 0 aromatic heterocycles. The van der Waals surface area contributed by atoms with Gasteiger partial charge < -0.3 is 14.4 Å². The maximum absolute atomic E-state index is 6.03. The second kappa shape index (κ2) is 11.9. The number of methoxy groups -OCH3 is 1. The highest BCUT2D eigenvalue weighted by molar-refractivity contribution is 5.83. The van der Waals surface area contributed by atoms with Crippen LogP contribution in [0.5, 0.6) is 11.5 Å². The summed E-state index contributed by atoms with van der Waals surface area (Å²) < 4.78 is 11.7. The first-order chi connectivity index (χ1) is 18.2. The van der Waals surface area contributed by atoms with Crippen molar-refractivity contribution in [2.75, 3.05) is 20.7 Å². The smallest absolute Gasteiger partial charge is 0.161 e. The van der Waals surface area contributed by atoms with Crippen molar-refractivity contribution in [1.82, 2.24) is 4.90 Å². The van der Waals surface area contributed by atoms with Crippen LogP contribution < -0.4 is 9.47 Å². The van der Waals surface area contributed by atoms with Gasteiger partial charge in [0.1, 0.15) is 6.61 Å². The number of benzene rings is 4. The third-order valence-electron chi connectivity index (χ3n) is 7.06. The zero-order valence-electron chi connectivity index (χ0n) is 21.8. The van der Waals surface area contributed by atoms with Crippen molar-refractivity contribution in [2.45, 2.75) is 32.4 Å². The number of rotatable bonds is 9. The van der Waals surface area contributed by atoms with Crippen LogP contribution in [0.1, 0.15) is 39.8 Å². The molecule has 0 bridgehead atoms. The van der Waals surface area contributed by atoms with Gasteiger partial charge in [0.05, 0.1) is 7.11 Å². The van der Waals surface area contributed by atoms with Crippen LogP contribution in [-0.2, 0) is 26.0 Å². The summed E-state index contributed by atoms with van der Waals surface area (Å²) in [6, 6.07) is 34.2. The SMILES string of the molecule is COc1cc(CN(C)CCC=C2c3ccccc3CCc3ccccc32)ccc1OCc1ccccc1. The molecule has 188 valence electrons. The number of fused-ring (bicyclic) bond motifs is 2. The van der Waals surface area contributed by atoms with Crippen LogP contribution in [0.4, 0.5) is 0 Å². The van der Waals surface area contributed by atoms with Gasteiger partial charge in [-0.25, -0.2) is 0 Å². The van der Waals surface area contributed by atoms with E-state index in [0.717, 1.165) is 49.4 Å². The third kappa shape index (κ3) is 6.12. The first-order valence-electron chi connectivity index (χ1n) is 13.1. The molecule has 0 spiro atoms. The lowest BCUT2D eigenvalue weighted by atomic mass is 9.93. The van der Waals surface area contributed by atoms with Gasteiger partial charge in [-0.1, -0.05) is 91.0 Å². The first kappa shape index (κ1) is 24.9. The van der Waals surface area contributed by atoms with Crippen molar-refractivity contribution >= 4 is 5.57 Å². The molecule has 4 aromatic carbocycles. The average Bonchev–Trinajstić information content (AvgIpc) is 3.10. The minimum Gasteiger partial charge on any atom is -0.493 e. The summed E-state index contributed by atoms with van der Waals surface area (Å²) in [5.74, 6) is 1.55. The lowest BCUT2D eigenvalue weighted by Crippen LogP contribution is -2.18. The van der Waals surface area contributed by atoms with E-state index in [-0.39, 0.29) is 0 Å². The van der Waals surface area contributed by atoms with E-state index in [9.17, 15) is 0 Å². The van der Waals surface area contributed by atoms with Crippen molar-refractivity contribution < 1.29 is 9.47 Å². The van der Waals surface area contributed by atoms with Crippen LogP contribution in [0.2, 0.25) is 0 Å². The maximum atomic E-state index is 6.03. The fraction of sp³-hybridized carbons (Fsp3) is 0.235. The molecule has 0 fully saturated rings. The predicted molar refractivity (Wildman–Crippen MR) is 152 cm³/mol. The van der Waals surface area contributed by atoms with Crippen LogP contribution in [0.25, 0.3) is 5.57 Å². The number of aryl methyl sites for hydroxylation is 2. The molecular weight excluding hydrogens is 454 g/mol. The van der Waals surface area contributed by atoms with Crippen LogP contribution >= 0.6 is 0 Å². The zero-order valence-corrected chi connectivity index (χ0v) is 21.8. The van der Waals surface area contributed by atoms with E-state index in [1.807, 2.05) is 24.3 Å². The Labute approximate surface area is 221 Å². The molecule has 37 heavy (non-hydrogen) atoms. The summed E-state index contributed by atoms with van der Waals surface area (Å²) in [5.41, 5.74) is 9.38. The molecule has 0 atom stereocenters. The van der Waals surface area contributed by atoms with Crippen molar-refractivity contribution in [3.63, 3.8) is 0 Å². The number of hydrogen-bond acceptors (Lipinski definition) is 3. The molecule has 0 aliphatic heterocycles. The number of nitrogens with zero attached hydrogens (tertiary/aromatic N) is 1. The molecule has 3 nitrogen and oxygen atoms in total. The van der Waals surface area contributed by atoms with Crippen LogP contribution in [0.15, 0.2) is 103 Å². The molecule has 0 saturated heterocycles. The minimum atomic E-state index is 0.525. The zero-order chi connectivity index (χ0) is 25.5. The van der Waals surface area contributed by atoms with Crippen molar-refractivity contribution in [2.24, 2.45) is 0 Å². The summed E-state index contributed by atoms with van der Waals surface area (Å²) in [4.78, 5) is 2.37. The van der Waals surface area contributed by atoms with E-state index in [4.69, 9.17) is 9.47 Å². The van der Waals surface area contributed by atoms with Gasteiger partial charge in [0.15, 0.2) is 11.5 Å². The fourth-order valence-electron chi connectivity index (χ4n) is 5.12. The number of ether oxygens (including phenoxy) is 2. The molecule has 1 aliphatic carbocycles. The Kier molecular flexibility index (Phi) is 8.02.